The molecule has 0 aliphatic rings. The van der Waals surface area contributed by atoms with Gasteiger partial charge in [-0.15, -0.1) is 0 Å². The molecule has 11 nitrogen and oxygen atoms in total. The number of amides is 3. The van der Waals surface area contributed by atoms with E-state index in [0.29, 0.717) is 12.0 Å². The van der Waals surface area contributed by atoms with Gasteiger partial charge in [-0.3, -0.25) is 14.4 Å². The second-order valence-corrected chi connectivity index (χ2v) is 8.73. The van der Waals surface area contributed by atoms with Crippen LogP contribution in [0.25, 0.3) is 10.9 Å². The molecule has 0 radical (unpaired) electrons. The lowest BCUT2D eigenvalue weighted by Gasteiger charge is -2.24. The zero-order valence-electron chi connectivity index (χ0n) is 19.7. The average Bonchev–Trinajstić information content (AvgIpc) is 3.26. The first kappa shape index (κ1) is 28.1. The quantitative estimate of drug-likeness (QED) is 0.169. The number of carbonyl (C=O) groups excluding carboxylic acids is 3. The van der Waals surface area contributed by atoms with Crippen LogP contribution < -0.4 is 21.7 Å². The second-order valence-electron chi connectivity index (χ2n) is 8.36. The molecule has 2 aromatic rings. The van der Waals surface area contributed by atoms with Crippen LogP contribution in [0, 0.1) is 5.92 Å². The van der Waals surface area contributed by atoms with E-state index in [2.05, 4.69) is 33.6 Å². The molecule has 0 spiro atoms. The van der Waals surface area contributed by atoms with Crippen LogP contribution in [0.4, 0.5) is 0 Å². The number of aromatic nitrogens is 1. The normalized spacial score (nSPS) is 15.5. The highest BCUT2D eigenvalue weighted by molar-refractivity contribution is 7.80. The van der Waals surface area contributed by atoms with Gasteiger partial charge < -0.3 is 36.9 Å². The fourth-order valence-corrected chi connectivity index (χ4v) is 3.69. The Hall–Kier alpha value is -3.09. The van der Waals surface area contributed by atoms with E-state index in [0.717, 1.165) is 10.9 Å². The first-order valence-electron chi connectivity index (χ1n) is 11.3. The van der Waals surface area contributed by atoms with E-state index in [1.807, 2.05) is 31.2 Å². The van der Waals surface area contributed by atoms with Crippen molar-refractivity contribution in [2.75, 3.05) is 12.4 Å². The number of aliphatic carboxylic acids is 1. The number of rotatable bonds is 13. The summed E-state index contributed by atoms with van der Waals surface area (Å²) in [5.74, 6) is -3.72. The molecule has 12 heteroatoms. The number of para-hydroxylation sites is 1. The largest absolute Gasteiger partial charge is 0.480 e. The molecule has 0 bridgehead atoms. The van der Waals surface area contributed by atoms with Gasteiger partial charge in [0, 0.05) is 29.3 Å². The number of H-pyrrole nitrogens is 1. The lowest BCUT2D eigenvalue weighted by atomic mass is 9.99. The van der Waals surface area contributed by atoms with Crippen molar-refractivity contribution >= 4 is 47.2 Å². The molecule has 1 heterocycles. The maximum atomic E-state index is 12.8. The number of hydrogen-bond acceptors (Lipinski definition) is 7. The van der Waals surface area contributed by atoms with Crippen LogP contribution in [-0.4, -0.2) is 75.4 Å². The topological polar surface area (TPSA) is 187 Å². The lowest BCUT2D eigenvalue weighted by Crippen LogP contribution is -2.59. The van der Waals surface area contributed by atoms with E-state index in [1.165, 1.54) is 0 Å². The van der Waals surface area contributed by atoms with Gasteiger partial charge >= 0.3 is 5.97 Å². The molecule has 0 saturated heterocycles. The molecule has 1 aromatic carbocycles. The summed E-state index contributed by atoms with van der Waals surface area (Å²) in [5, 5.41) is 27.3. The van der Waals surface area contributed by atoms with Crippen molar-refractivity contribution in [3.63, 3.8) is 0 Å². The van der Waals surface area contributed by atoms with E-state index in [4.69, 9.17) is 5.73 Å². The van der Waals surface area contributed by atoms with Crippen LogP contribution in [-0.2, 0) is 25.6 Å². The van der Waals surface area contributed by atoms with Crippen molar-refractivity contribution in [3.8, 4) is 0 Å². The number of nitrogens with two attached hydrogens (primary N) is 1. The molecule has 3 amide bonds. The van der Waals surface area contributed by atoms with Crippen molar-refractivity contribution in [1.82, 2.24) is 20.9 Å². The Morgan fingerprint density at radius 2 is 1.63 bits per heavy atom. The SMILES string of the molecule is CCC(C)C(N)C(=O)NC(CO)C(=O)NC(CS)C(=O)NC(Cc1c[nH]c2ccccc12)C(=O)O. The summed E-state index contributed by atoms with van der Waals surface area (Å²) in [7, 11) is 0. The Kier molecular flexibility index (Phi) is 10.6. The number of hydrogen-bond donors (Lipinski definition) is 8. The Bertz CT molecular complexity index is 1040. The summed E-state index contributed by atoms with van der Waals surface area (Å²) in [6.45, 7) is 2.94. The van der Waals surface area contributed by atoms with Crippen LogP contribution in [0.1, 0.15) is 25.8 Å². The fourth-order valence-electron chi connectivity index (χ4n) is 3.43. The molecule has 0 saturated carbocycles. The van der Waals surface area contributed by atoms with Gasteiger partial charge in [-0.25, -0.2) is 4.79 Å². The highest BCUT2D eigenvalue weighted by Gasteiger charge is 2.30. The second kappa shape index (κ2) is 13.1. The molecule has 0 aliphatic carbocycles. The van der Waals surface area contributed by atoms with Crippen LogP contribution in [0.3, 0.4) is 0 Å². The third kappa shape index (κ3) is 7.44. The van der Waals surface area contributed by atoms with Crippen LogP contribution >= 0.6 is 12.6 Å². The fraction of sp³-hybridized carbons (Fsp3) is 0.478. The van der Waals surface area contributed by atoms with Gasteiger partial charge in [0.15, 0.2) is 0 Å². The van der Waals surface area contributed by atoms with E-state index in [9.17, 15) is 29.4 Å². The van der Waals surface area contributed by atoms with Crippen molar-refractivity contribution in [3.05, 3.63) is 36.0 Å². The molecule has 192 valence electrons. The smallest absolute Gasteiger partial charge is 0.326 e. The van der Waals surface area contributed by atoms with E-state index >= 15 is 0 Å². The van der Waals surface area contributed by atoms with Crippen LogP contribution in [0.5, 0.6) is 0 Å². The maximum Gasteiger partial charge on any atom is 0.326 e. The van der Waals surface area contributed by atoms with Gasteiger partial charge in [-0.2, -0.15) is 12.6 Å². The van der Waals surface area contributed by atoms with Crippen molar-refractivity contribution in [2.45, 2.75) is 50.9 Å². The molecule has 1 aromatic heterocycles. The van der Waals surface area contributed by atoms with Gasteiger partial charge in [-0.1, -0.05) is 38.5 Å². The summed E-state index contributed by atoms with van der Waals surface area (Å²) in [6.07, 6.45) is 2.35. The number of aliphatic hydroxyl groups excluding tert-OH is 1. The standard InChI is InChI=1S/C23H33N5O6S/c1-3-12(2)19(24)22(32)27-17(10-29)20(30)28-18(11-35)21(31)26-16(23(33)34)8-13-9-25-15-7-5-4-6-14(13)15/h4-7,9,12,16-19,25,29,35H,3,8,10-11,24H2,1-2H3,(H,26,31)(H,27,32)(H,28,30)(H,33,34). The van der Waals surface area contributed by atoms with E-state index in [1.54, 1.807) is 13.1 Å². The number of fused-ring (bicyclic) bond motifs is 1. The third-order valence-electron chi connectivity index (χ3n) is 5.90. The summed E-state index contributed by atoms with van der Waals surface area (Å²) >= 11 is 4.08. The minimum Gasteiger partial charge on any atom is -0.480 e. The zero-order valence-corrected chi connectivity index (χ0v) is 20.5. The maximum absolute atomic E-state index is 12.8. The van der Waals surface area contributed by atoms with Crippen LogP contribution in [0.2, 0.25) is 0 Å². The van der Waals surface area contributed by atoms with Gasteiger partial charge in [0.05, 0.1) is 12.6 Å². The molecule has 0 aliphatic heterocycles. The van der Waals surface area contributed by atoms with Crippen LogP contribution in [0.15, 0.2) is 30.5 Å². The summed E-state index contributed by atoms with van der Waals surface area (Å²) in [4.78, 5) is 52.5. The summed E-state index contributed by atoms with van der Waals surface area (Å²) < 4.78 is 0. The predicted molar refractivity (Wildman–Crippen MR) is 134 cm³/mol. The number of carbonyl (C=O) groups is 4. The third-order valence-corrected chi connectivity index (χ3v) is 6.27. The number of carboxylic acids is 1. The first-order valence-corrected chi connectivity index (χ1v) is 11.9. The number of nitrogens with one attached hydrogen (secondary N) is 4. The van der Waals surface area contributed by atoms with Crippen molar-refractivity contribution in [1.29, 1.82) is 0 Å². The van der Waals surface area contributed by atoms with E-state index in [-0.39, 0.29) is 18.1 Å². The minimum atomic E-state index is -1.34. The molecule has 5 atom stereocenters. The molecule has 2 rings (SSSR count). The predicted octanol–water partition coefficient (Wildman–Crippen LogP) is -0.455. The van der Waals surface area contributed by atoms with Crippen molar-refractivity contribution < 1.29 is 29.4 Å². The molecule has 35 heavy (non-hydrogen) atoms. The van der Waals surface area contributed by atoms with Gasteiger partial charge in [-0.05, 0) is 17.5 Å². The monoisotopic (exact) mass is 507 g/mol. The number of benzene rings is 1. The molecule has 8 N–H and O–H groups in total. The summed E-state index contributed by atoms with van der Waals surface area (Å²) in [5.41, 5.74) is 7.41. The van der Waals surface area contributed by atoms with Gasteiger partial charge in [0.25, 0.3) is 0 Å². The van der Waals surface area contributed by atoms with Gasteiger partial charge in [0.2, 0.25) is 17.7 Å². The molecular formula is C23H33N5O6S. The average molecular weight is 508 g/mol. The van der Waals surface area contributed by atoms with Crippen molar-refractivity contribution in [2.24, 2.45) is 11.7 Å². The molecule has 0 fully saturated rings. The Morgan fingerprint density at radius 1 is 1.03 bits per heavy atom. The van der Waals surface area contributed by atoms with Gasteiger partial charge in [0.1, 0.15) is 18.1 Å². The first-order chi connectivity index (χ1) is 16.6. The summed E-state index contributed by atoms with van der Waals surface area (Å²) in [6, 6.07) is 2.70. The number of thiol groups is 1. The minimum absolute atomic E-state index is 0.0150. The number of aromatic amines is 1. The molecule has 5 unspecified atom stereocenters. The number of carboxylic acid groups (broad SMARTS) is 1. The highest BCUT2D eigenvalue weighted by atomic mass is 32.1. The Morgan fingerprint density at radius 3 is 2.23 bits per heavy atom. The Labute approximate surface area is 208 Å². The zero-order chi connectivity index (χ0) is 26.1. The lowest BCUT2D eigenvalue weighted by molar-refractivity contribution is -0.142. The molecular weight excluding hydrogens is 474 g/mol. The van der Waals surface area contributed by atoms with E-state index < -0.39 is 54.5 Å². The number of aliphatic hydroxyl groups is 1. The highest BCUT2D eigenvalue weighted by Crippen LogP contribution is 2.19. The Balaban J connectivity index is 2.04.